The van der Waals surface area contributed by atoms with Gasteiger partial charge in [0.05, 0.1) is 24.8 Å². The number of carbonyl (C=O) groups excluding carboxylic acids is 2. The predicted octanol–water partition coefficient (Wildman–Crippen LogP) is 3.09. The van der Waals surface area contributed by atoms with Crippen molar-refractivity contribution in [3.63, 3.8) is 0 Å². The van der Waals surface area contributed by atoms with Gasteiger partial charge in [-0.2, -0.15) is 0 Å². The first-order valence-corrected chi connectivity index (χ1v) is 8.68. The van der Waals surface area contributed by atoms with Crippen LogP contribution in [-0.2, 0) is 9.53 Å². The molecule has 1 aliphatic rings. The van der Waals surface area contributed by atoms with Gasteiger partial charge in [-0.05, 0) is 38.5 Å². The number of allylic oxidation sites excluding steroid dienone is 1. The number of nitrogens with one attached hydrogen (secondary N) is 1. The number of halogens is 1. The molecule has 8 heteroatoms. The van der Waals surface area contributed by atoms with Gasteiger partial charge in [-0.15, -0.1) is 0 Å². The third-order valence-corrected chi connectivity index (χ3v) is 4.63. The van der Waals surface area contributed by atoms with E-state index in [1.54, 1.807) is 33.9 Å². The number of hydrogen-bond acceptors (Lipinski definition) is 5. The Morgan fingerprint density at radius 3 is 2.64 bits per heavy atom. The van der Waals surface area contributed by atoms with Crippen molar-refractivity contribution in [1.82, 2.24) is 10.2 Å². The Hall–Kier alpha value is -2.22. The molecule has 1 unspecified atom stereocenters. The van der Waals surface area contributed by atoms with Crippen LogP contribution in [-0.4, -0.2) is 42.3 Å². The van der Waals surface area contributed by atoms with Crippen molar-refractivity contribution in [2.75, 3.05) is 20.3 Å². The van der Waals surface area contributed by atoms with Crippen LogP contribution in [0.2, 0.25) is 0 Å². The molecule has 1 atom stereocenters. The SMILES string of the molecule is CCOC(=O)C1=C(C)N(C)C(=O)NC1c1cc(OCC)c(O)cc1Br. The van der Waals surface area contributed by atoms with Crippen LogP contribution in [0.3, 0.4) is 0 Å². The third kappa shape index (κ3) is 3.73. The number of urea groups is 1. The van der Waals surface area contributed by atoms with Crippen LogP contribution in [0.15, 0.2) is 27.9 Å². The first kappa shape index (κ1) is 19.1. The zero-order valence-corrected chi connectivity index (χ0v) is 16.1. The molecule has 0 aliphatic carbocycles. The lowest BCUT2D eigenvalue weighted by atomic mass is 9.94. The summed E-state index contributed by atoms with van der Waals surface area (Å²) in [5.41, 5.74) is 1.42. The number of nitrogens with zero attached hydrogens (tertiary/aromatic N) is 1. The van der Waals surface area contributed by atoms with E-state index in [0.29, 0.717) is 27.9 Å². The van der Waals surface area contributed by atoms with Crippen LogP contribution in [0, 0.1) is 0 Å². The van der Waals surface area contributed by atoms with E-state index in [4.69, 9.17) is 9.47 Å². The van der Waals surface area contributed by atoms with E-state index in [9.17, 15) is 14.7 Å². The van der Waals surface area contributed by atoms with Crippen LogP contribution >= 0.6 is 15.9 Å². The van der Waals surface area contributed by atoms with Gasteiger partial charge in [0, 0.05) is 17.2 Å². The topological polar surface area (TPSA) is 88.1 Å². The largest absolute Gasteiger partial charge is 0.504 e. The van der Waals surface area contributed by atoms with Crippen molar-refractivity contribution < 1.29 is 24.2 Å². The summed E-state index contributed by atoms with van der Waals surface area (Å²) in [4.78, 5) is 26.1. The van der Waals surface area contributed by atoms with Gasteiger partial charge in [-0.3, -0.25) is 0 Å². The lowest BCUT2D eigenvalue weighted by Crippen LogP contribution is -2.46. The quantitative estimate of drug-likeness (QED) is 0.725. The minimum Gasteiger partial charge on any atom is -0.504 e. The molecule has 0 saturated heterocycles. The standard InChI is InChI=1S/C17H21BrN2O5/c1-5-24-13-7-10(11(18)8-12(13)21)15-14(16(22)25-6-2)9(3)20(4)17(23)19-15/h7-8,15,21H,5-6H2,1-4H3,(H,19,23). The van der Waals surface area contributed by atoms with E-state index in [0.717, 1.165) is 0 Å². The Bertz CT molecular complexity index is 732. The van der Waals surface area contributed by atoms with Gasteiger partial charge < -0.3 is 24.8 Å². The summed E-state index contributed by atoms with van der Waals surface area (Å²) in [6, 6.07) is 2.01. The average Bonchev–Trinajstić information content (AvgIpc) is 2.55. The number of ether oxygens (including phenoxy) is 2. The van der Waals surface area contributed by atoms with Gasteiger partial charge >= 0.3 is 12.0 Å². The fraction of sp³-hybridized carbons (Fsp3) is 0.412. The minimum atomic E-state index is -0.725. The van der Waals surface area contributed by atoms with Crippen molar-refractivity contribution in [3.05, 3.63) is 33.4 Å². The first-order chi connectivity index (χ1) is 11.8. The number of rotatable bonds is 5. The van der Waals surface area contributed by atoms with Crippen molar-refractivity contribution in [2.24, 2.45) is 0 Å². The molecular formula is C17H21BrN2O5. The highest BCUT2D eigenvalue weighted by Crippen LogP contribution is 2.40. The highest BCUT2D eigenvalue weighted by Gasteiger charge is 2.36. The summed E-state index contributed by atoms with van der Waals surface area (Å²) < 4.78 is 11.1. The Morgan fingerprint density at radius 2 is 2.04 bits per heavy atom. The maximum Gasteiger partial charge on any atom is 0.338 e. The smallest absolute Gasteiger partial charge is 0.338 e. The molecule has 0 bridgehead atoms. The normalized spacial score (nSPS) is 17.4. The summed E-state index contributed by atoms with van der Waals surface area (Å²) in [6.07, 6.45) is 0. The van der Waals surface area contributed by atoms with Gasteiger partial charge in [-0.25, -0.2) is 9.59 Å². The Kier molecular flexibility index (Phi) is 5.94. The fourth-order valence-corrected chi connectivity index (χ4v) is 3.15. The van der Waals surface area contributed by atoms with Gasteiger partial charge in [0.1, 0.15) is 0 Å². The van der Waals surface area contributed by atoms with Crippen LogP contribution in [0.4, 0.5) is 4.79 Å². The molecule has 2 rings (SSSR count). The molecule has 0 spiro atoms. The number of phenolic OH excluding ortho intramolecular Hbond substituents is 1. The van der Waals surface area contributed by atoms with Gasteiger partial charge in [0.15, 0.2) is 11.5 Å². The zero-order valence-electron chi connectivity index (χ0n) is 14.6. The fourth-order valence-electron chi connectivity index (χ4n) is 2.59. The molecular weight excluding hydrogens is 392 g/mol. The van der Waals surface area contributed by atoms with E-state index in [-0.39, 0.29) is 24.1 Å². The molecule has 25 heavy (non-hydrogen) atoms. The maximum atomic E-state index is 12.5. The molecule has 0 aromatic heterocycles. The number of benzene rings is 1. The molecule has 2 amide bonds. The third-order valence-electron chi connectivity index (χ3n) is 3.94. The highest BCUT2D eigenvalue weighted by molar-refractivity contribution is 9.10. The van der Waals surface area contributed by atoms with Crippen molar-refractivity contribution in [2.45, 2.75) is 26.8 Å². The maximum absolute atomic E-state index is 12.5. The first-order valence-electron chi connectivity index (χ1n) is 7.89. The van der Waals surface area contributed by atoms with Crippen LogP contribution < -0.4 is 10.1 Å². The molecule has 1 heterocycles. The molecule has 2 N–H and O–H groups in total. The number of phenols is 1. The van der Waals surface area contributed by atoms with Crippen molar-refractivity contribution in [3.8, 4) is 11.5 Å². The number of carbonyl (C=O) groups is 2. The van der Waals surface area contributed by atoms with Crippen LogP contribution in [0.25, 0.3) is 0 Å². The molecule has 136 valence electrons. The molecule has 1 aromatic rings. The number of amides is 2. The highest BCUT2D eigenvalue weighted by atomic mass is 79.9. The van der Waals surface area contributed by atoms with Gasteiger partial charge in [0.2, 0.25) is 0 Å². The second-order valence-electron chi connectivity index (χ2n) is 5.44. The van der Waals surface area contributed by atoms with E-state index < -0.39 is 12.0 Å². The monoisotopic (exact) mass is 412 g/mol. The van der Waals surface area contributed by atoms with E-state index in [1.165, 1.54) is 11.0 Å². The zero-order chi connectivity index (χ0) is 18.7. The van der Waals surface area contributed by atoms with Crippen molar-refractivity contribution in [1.29, 1.82) is 0 Å². The molecule has 0 fully saturated rings. The predicted molar refractivity (Wildman–Crippen MR) is 95.3 cm³/mol. The Labute approximate surface area is 154 Å². The second-order valence-corrected chi connectivity index (χ2v) is 6.29. The molecule has 7 nitrogen and oxygen atoms in total. The van der Waals surface area contributed by atoms with Crippen molar-refractivity contribution >= 4 is 27.9 Å². The summed E-state index contributed by atoms with van der Waals surface area (Å²) in [5, 5.41) is 12.8. The summed E-state index contributed by atoms with van der Waals surface area (Å²) in [7, 11) is 1.58. The summed E-state index contributed by atoms with van der Waals surface area (Å²) in [6.45, 7) is 5.80. The number of esters is 1. The average molecular weight is 413 g/mol. The summed E-state index contributed by atoms with van der Waals surface area (Å²) in [5.74, 6) is -0.264. The lowest BCUT2D eigenvalue weighted by Gasteiger charge is -2.33. The van der Waals surface area contributed by atoms with Gasteiger partial charge in [-0.1, -0.05) is 15.9 Å². The molecule has 1 aromatic carbocycles. The van der Waals surface area contributed by atoms with Gasteiger partial charge in [0.25, 0.3) is 0 Å². The number of aromatic hydroxyl groups is 1. The number of hydrogen-bond donors (Lipinski definition) is 2. The van der Waals surface area contributed by atoms with E-state index in [1.807, 2.05) is 0 Å². The molecule has 0 radical (unpaired) electrons. The minimum absolute atomic E-state index is 0.0323. The van der Waals surface area contributed by atoms with Crippen LogP contribution in [0.5, 0.6) is 11.5 Å². The Morgan fingerprint density at radius 1 is 1.36 bits per heavy atom. The summed E-state index contributed by atoms with van der Waals surface area (Å²) >= 11 is 3.38. The molecule has 1 aliphatic heterocycles. The Balaban J connectivity index is 2.60. The second kappa shape index (κ2) is 7.77. The van der Waals surface area contributed by atoms with E-state index >= 15 is 0 Å². The van der Waals surface area contributed by atoms with E-state index in [2.05, 4.69) is 21.2 Å². The van der Waals surface area contributed by atoms with Crippen LogP contribution in [0.1, 0.15) is 32.4 Å². The lowest BCUT2D eigenvalue weighted by molar-refractivity contribution is -0.139. The molecule has 0 saturated carbocycles.